The topological polar surface area (TPSA) is 78.0 Å². The Morgan fingerprint density at radius 3 is 2.91 bits per heavy atom. The van der Waals surface area contributed by atoms with Crippen molar-refractivity contribution in [1.82, 2.24) is 15.3 Å². The second kappa shape index (κ2) is 5.72. The van der Waals surface area contributed by atoms with E-state index in [-0.39, 0.29) is 12.5 Å². The number of rotatable bonds is 6. The van der Waals surface area contributed by atoms with Crippen molar-refractivity contribution in [3.8, 4) is 0 Å². The van der Waals surface area contributed by atoms with Crippen LogP contribution in [-0.2, 0) is 11.2 Å². The van der Waals surface area contributed by atoms with E-state index in [4.69, 9.17) is 0 Å². The van der Waals surface area contributed by atoms with Gasteiger partial charge in [-0.15, -0.1) is 0 Å². The maximum Gasteiger partial charge on any atom is 0.220 e. The molecule has 5 heteroatoms. The Morgan fingerprint density at radius 1 is 1.50 bits per heavy atom. The lowest BCUT2D eigenvalue weighted by molar-refractivity contribution is -0.123. The van der Waals surface area contributed by atoms with Crippen LogP contribution in [0.5, 0.6) is 0 Å². The molecule has 5 nitrogen and oxygen atoms in total. The molecule has 3 N–H and O–H groups in total. The van der Waals surface area contributed by atoms with Crippen molar-refractivity contribution < 1.29 is 9.90 Å². The lowest BCUT2D eigenvalue weighted by atomic mass is 9.96. The van der Waals surface area contributed by atoms with Gasteiger partial charge in [-0.1, -0.05) is 12.1 Å². The van der Waals surface area contributed by atoms with Crippen LogP contribution in [-0.4, -0.2) is 33.1 Å². The molecule has 1 unspecified atom stereocenters. The van der Waals surface area contributed by atoms with Crippen molar-refractivity contribution in [1.29, 1.82) is 0 Å². The highest BCUT2D eigenvalue weighted by molar-refractivity contribution is 5.79. The van der Waals surface area contributed by atoms with E-state index >= 15 is 0 Å². The number of H-pyrrole nitrogens is 1. The van der Waals surface area contributed by atoms with Crippen molar-refractivity contribution in [2.75, 3.05) is 6.61 Å². The molecule has 118 valence electrons. The van der Waals surface area contributed by atoms with Gasteiger partial charge in [-0.3, -0.25) is 4.79 Å². The molecule has 1 aliphatic carbocycles. The van der Waals surface area contributed by atoms with Gasteiger partial charge in [0.15, 0.2) is 0 Å². The van der Waals surface area contributed by atoms with E-state index < -0.39 is 5.54 Å². The molecule has 1 aromatic carbocycles. The smallest absolute Gasteiger partial charge is 0.220 e. The number of aliphatic hydroxyl groups is 1. The minimum Gasteiger partial charge on any atom is -0.394 e. The highest BCUT2D eigenvalue weighted by Gasteiger charge is 2.41. The summed E-state index contributed by atoms with van der Waals surface area (Å²) < 4.78 is 0. The number of hydrogen-bond acceptors (Lipinski definition) is 3. The van der Waals surface area contributed by atoms with Gasteiger partial charge >= 0.3 is 0 Å². The van der Waals surface area contributed by atoms with Gasteiger partial charge in [0.05, 0.1) is 23.2 Å². The number of para-hydroxylation sites is 1. The van der Waals surface area contributed by atoms with Crippen LogP contribution in [0, 0.1) is 12.8 Å². The van der Waals surface area contributed by atoms with Gasteiger partial charge in [0.25, 0.3) is 0 Å². The van der Waals surface area contributed by atoms with Crippen LogP contribution in [0.25, 0.3) is 11.0 Å². The summed E-state index contributed by atoms with van der Waals surface area (Å²) in [6.07, 6.45) is 3.12. The summed E-state index contributed by atoms with van der Waals surface area (Å²) in [5.41, 5.74) is 2.64. The Morgan fingerprint density at radius 2 is 2.27 bits per heavy atom. The number of imidazole rings is 1. The molecule has 1 atom stereocenters. The molecule has 1 aliphatic rings. The van der Waals surface area contributed by atoms with E-state index in [1.54, 1.807) is 0 Å². The molecule has 1 fully saturated rings. The van der Waals surface area contributed by atoms with Crippen molar-refractivity contribution in [2.45, 2.75) is 45.1 Å². The molecular weight excluding hydrogens is 278 g/mol. The molecule has 0 bridgehead atoms. The van der Waals surface area contributed by atoms with Crippen LogP contribution < -0.4 is 5.32 Å². The monoisotopic (exact) mass is 301 g/mol. The number of aromatic nitrogens is 2. The molecule has 0 saturated heterocycles. The zero-order valence-electron chi connectivity index (χ0n) is 13.1. The highest BCUT2D eigenvalue weighted by Crippen LogP contribution is 2.39. The Balaban J connectivity index is 1.61. The number of benzene rings is 1. The van der Waals surface area contributed by atoms with Gasteiger partial charge in [0.1, 0.15) is 5.82 Å². The number of carbonyl (C=O) groups is 1. The number of aromatic amines is 1. The second-order valence-corrected chi connectivity index (χ2v) is 6.55. The standard InChI is InChI=1S/C17H23N3O2/c1-11-4-3-5-13-16(11)19-14(18-13)8-9-15(22)20-17(2,10-21)12-6-7-12/h3-5,12,21H,6-10H2,1-2H3,(H,18,19)(H,20,22). The fourth-order valence-electron chi connectivity index (χ4n) is 2.95. The third-order valence-corrected chi connectivity index (χ3v) is 4.58. The second-order valence-electron chi connectivity index (χ2n) is 6.55. The first-order chi connectivity index (χ1) is 10.5. The van der Waals surface area contributed by atoms with Crippen molar-refractivity contribution in [3.63, 3.8) is 0 Å². The summed E-state index contributed by atoms with van der Waals surface area (Å²) >= 11 is 0. The number of carbonyl (C=O) groups excluding carboxylic acids is 1. The number of aliphatic hydroxyl groups excluding tert-OH is 1. The molecule has 1 heterocycles. The number of hydrogen-bond donors (Lipinski definition) is 3. The van der Waals surface area contributed by atoms with Crippen molar-refractivity contribution >= 4 is 16.9 Å². The van der Waals surface area contributed by atoms with Crippen LogP contribution in [0.1, 0.15) is 37.6 Å². The lowest BCUT2D eigenvalue weighted by Gasteiger charge is -2.28. The third-order valence-electron chi connectivity index (χ3n) is 4.58. The lowest BCUT2D eigenvalue weighted by Crippen LogP contribution is -2.50. The zero-order chi connectivity index (χ0) is 15.7. The van der Waals surface area contributed by atoms with E-state index in [0.717, 1.165) is 35.3 Å². The van der Waals surface area contributed by atoms with Gasteiger partial charge in [-0.25, -0.2) is 4.98 Å². The van der Waals surface area contributed by atoms with Gasteiger partial charge in [0, 0.05) is 12.8 Å². The average Bonchev–Trinajstić information content (AvgIpc) is 3.26. The Hall–Kier alpha value is -1.88. The first-order valence-corrected chi connectivity index (χ1v) is 7.88. The Bertz CT molecular complexity index is 690. The number of amides is 1. The summed E-state index contributed by atoms with van der Waals surface area (Å²) in [6, 6.07) is 6.02. The van der Waals surface area contributed by atoms with Crippen LogP contribution in [0.2, 0.25) is 0 Å². The molecule has 0 radical (unpaired) electrons. The normalized spacial score (nSPS) is 17.4. The molecule has 1 aromatic heterocycles. The van der Waals surface area contributed by atoms with Crippen LogP contribution in [0.15, 0.2) is 18.2 Å². The number of fused-ring (bicyclic) bond motifs is 1. The summed E-state index contributed by atoms with van der Waals surface area (Å²) in [5.74, 6) is 1.22. The van der Waals surface area contributed by atoms with Gasteiger partial charge in [-0.2, -0.15) is 0 Å². The number of nitrogens with zero attached hydrogens (tertiary/aromatic N) is 1. The number of aryl methyl sites for hydroxylation is 2. The largest absolute Gasteiger partial charge is 0.394 e. The van der Waals surface area contributed by atoms with E-state index in [2.05, 4.69) is 15.3 Å². The summed E-state index contributed by atoms with van der Waals surface area (Å²) in [6.45, 7) is 3.95. The van der Waals surface area contributed by atoms with Crippen molar-refractivity contribution in [2.24, 2.45) is 5.92 Å². The van der Waals surface area contributed by atoms with Gasteiger partial charge in [-0.05, 0) is 44.2 Å². The maximum absolute atomic E-state index is 12.1. The SMILES string of the molecule is Cc1cccc2[nH]c(CCC(=O)NC(C)(CO)C3CC3)nc12. The molecule has 0 aliphatic heterocycles. The Kier molecular flexibility index (Phi) is 3.91. The summed E-state index contributed by atoms with van der Waals surface area (Å²) in [5, 5.41) is 12.5. The molecule has 1 saturated carbocycles. The molecule has 2 aromatic rings. The molecule has 3 rings (SSSR count). The minimum atomic E-state index is -0.471. The quantitative estimate of drug-likeness (QED) is 0.764. The molecule has 0 spiro atoms. The predicted octanol–water partition coefficient (Wildman–Crippen LogP) is 2.08. The fourth-order valence-corrected chi connectivity index (χ4v) is 2.95. The highest BCUT2D eigenvalue weighted by atomic mass is 16.3. The zero-order valence-corrected chi connectivity index (χ0v) is 13.1. The molecule has 1 amide bonds. The predicted molar refractivity (Wildman–Crippen MR) is 85.5 cm³/mol. The molecular formula is C17H23N3O2. The van der Waals surface area contributed by atoms with E-state index in [9.17, 15) is 9.90 Å². The summed E-state index contributed by atoms with van der Waals surface area (Å²) in [4.78, 5) is 20.0. The van der Waals surface area contributed by atoms with Crippen molar-refractivity contribution in [3.05, 3.63) is 29.6 Å². The first kappa shape index (κ1) is 15.0. The third kappa shape index (κ3) is 2.99. The number of nitrogens with one attached hydrogen (secondary N) is 2. The van der Waals surface area contributed by atoms with Crippen LogP contribution in [0.4, 0.5) is 0 Å². The van der Waals surface area contributed by atoms with Gasteiger partial charge < -0.3 is 15.4 Å². The molecule has 22 heavy (non-hydrogen) atoms. The first-order valence-electron chi connectivity index (χ1n) is 7.88. The summed E-state index contributed by atoms with van der Waals surface area (Å²) in [7, 11) is 0. The van der Waals surface area contributed by atoms with E-state index in [1.807, 2.05) is 32.0 Å². The average molecular weight is 301 g/mol. The van der Waals surface area contributed by atoms with Crippen LogP contribution >= 0.6 is 0 Å². The fraction of sp³-hybridized carbons (Fsp3) is 0.529. The van der Waals surface area contributed by atoms with Crippen LogP contribution in [0.3, 0.4) is 0 Å². The maximum atomic E-state index is 12.1. The Labute approximate surface area is 130 Å². The van der Waals surface area contributed by atoms with E-state index in [0.29, 0.717) is 18.8 Å². The van der Waals surface area contributed by atoms with Gasteiger partial charge in [0.2, 0.25) is 5.91 Å². The minimum absolute atomic E-state index is 0.00671. The van der Waals surface area contributed by atoms with E-state index in [1.165, 1.54) is 0 Å².